The summed E-state index contributed by atoms with van der Waals surface area (Å²) in [6.07, 6.45) is -10.5. The van der Waals surface area contributed by atoms with Gasteiger partial charge in [-0.1, -0.05) is 0 Å². The quantitative estimate of drug-likeness (QED) is 0.656. The van der Waals surface area contributed by atoms with E-state index in [1.54, 1.807) is 0 Å². The van der Waals surface area contributed by atoms with E-state index < -0.39 is 46.4 Å². The second kappa shape index (κ2) is 5.46. The molecular weight excluding hydrogens is 344 g/mol. The molecule has 0 unspecified atom stereocenters. The van der Waals surface area contributed by atoms with Gasteiger partial charge in [0.15, 0.2) is 0 Å². The summed E-state index contributed by atoms with van der Waals surface area (Å²) in [5.74, 6) is -4.03. The fourth-order valence-corrected chi connectivity index (χ4v) is 2.11. The molecule has 0 spiro atoms. The lowest BCUT2D eigenvalue weighted by molar-refractivity contribution is -0.136. The van der Waals surface area contributed by atoms with Crippen molar-refractivity contribution in [2.75, 3.05) is 0 Å². The molecule has 10 heteroatoms. The molecule has 0 aliphatic carbocycles. The molecule has 0 aliphatic heterocycles. The first-order valence-corrected chi connectivity index (χ1v) is 6.20. The van der Waals surface area contributed by atoms with Crippen LogP contribution in [0.2, 0.25) is 0 Å². The Bertz CT molecular complexity index is 854. The van der Waals surface area contributed by atoms with E-state index in [0.717, 1.165) is 6.07 Å². The van der Waals surface area contributed by atoms with Gasteiger partial charge >= 0.3 is 18.3 Å². The van der Waals surface area contributed by atoms with Crippen LogP contribution in [0.15, 0.2) is 18.2 Å². The number of aryl methyl sites for hydroxylation is 1. The number of rotatable bonds is 2. The van der Waals surface area contributed by atoms with Gasteiger partial charge in [-0.05, 0) is 30.7 Å². The highest BCUT2D eigenvalue weighted by Gasteiger charge is 2.42. The zero-order chi connectivity index (χ0) is 18.4. The third-order valence-corrected chi connectivity index (χ3v) is 3.16. The molecule has 0 aliphatic rings. The standard InChI is InChI=1S/C14H7F6NO3/c1-5-2-9(12(23)24)21-10-7(5)3-6(11(22)14(18,19)20)4-8(10)13(15,16)17/h2-4H,1H3,(H,23,24). The van der Waals surface area contributed by atoms with Crippen molar-refractivity contribution in [1.29, 1.82) is 0 Å². The molecule has 0 atom stereocenters. The molecule has 1 aromatic heterocycles. The number of hydrogen-bond acceptors (Lipinski definition) is 3. The Hall–Kier alpha value is -2.65. The third kappa shape index (κ3) is 3.17. The minimum Gasteiger partial charge on any atom is -0.477 e. The van der Waals surface area contributed by atoms with Gasteiger partial charge in [-0.2, -0.15) is 26.3 Å². The zero-order valence-corrected chi connectivity index (χ0v) is 11.7. The largest absolute Gasteiger partial charge is 0.477 e. The van der Waals surface area contributed by atoms with Crippen molar-refractivity contribution in [2.24, 2.45) is 0 Å². The number of carbonyl (C=O) groups is 2. The van der Waals surface area contributed by atoms with Crippen LogP contribution in [0.25, 0.3) is 10.9 Å². The number of ketones is 1. The summed E-state index contributed by atoms with van der Waals surface area (Å²) in [6, 6.07) is 1.55. The molecule has 0 fully saturated rings. The molecule has 4 nitrogen and oxygen atoms in total. The maximum absolute atomic E-state index is 13.1. The molecule has 0 radical (unpaired) electrons. The maximum Gasteiger partial charge on any atom is 0.454 e. The van der Waals surface area contributed by atoms with E-state index in [-0.39, 0.29) is 17.0 Å². The second-order valence-electron chi connectivity index (χ2n) is 4.87. The molecule has 128 valence electrons. The number of aromatic nitrogens is 1. The number of fused-ring (bicyclic) bond motifs is 1. The van der Waals surface area contributed by atoms with Crippen molar-refractivity contribution >= 4 is 22.7 Å². The van der Waals surface area contributed by atoms with E-state index in [0.29, 0.717) is 6.07 Å². The van der Waals surface area contributed by atoms with Crippen LogP contribution < -0.4 is 0 Å². The van der Waals surface area contributed by atoms with Gasteiger partial charge in [0.1, 0.15) is 5.69 Å². The molecule has 0 amide bonds. The van der Waals surface area contributed by atoms with E-state index in [1.807, 2.05) is 0 Å². The SMILES string of the molecule is Cc1cc(C(=O)O)nc2c(C(F)(F)F)cc(C(=O)C(F)(F)F)cc12. The summed E-state index contributed by atoms with van der Waals surface area (Å²) in [6.45, 7) is 1.21. The number of carboxylic acids is 1. The highest BCUT2D eigenvalue weighted by atomic mass is 19.4. The van der Waals surface area contributed by atoms with Crippen molar-refractivity contribution in [1.82, 2.24) is 4.98 Å². The maximum atomic E-state index is 13.1. The van der Waals surface area contributed by atoms with E-state index >= 15 is 0 Å². The minimum absolute atomic E-state index is 0.0240. The van der Waals surface area contributed by atoms with E-state index in [9.17, 15) is 35.9 Å². The molecular formula is C14H7F6NO3. The molecule has 0 saturated carbocycles. The van der Waals surface area contributed by atoms with Gasteiger partial charge < -0.3 is 5.11 Å². The first-order valence-electron chi connectivity index (χ1n) is 6.20. The molecule has 0 bridgehead atoms. The Morgan fingerprint density at radius 3 is 2.08 bits per heavy atom. The normalized spacial score (nSPS) is 12.5. The first-order chi connectivity index (χ1) is 10.8. The van der Waals surface area contributed by atoms with E-state index in [2.05, 4.69) is 4.98 Å². The van der Waals surface area contributed by atoms with Crippen molar-refractivity contribution in [3.63, 3.8) is 0 Å². The highest BCUT2D eigenvalue weighted by Crippen LogP contribution is 2.37. The molecule has 2 rings (SSSR count). The average Bonchev–Trinajstić information content (AvgIpc) is 2.43. The van der Waals surface area contributed by atoms with Crippen LogP contribution in [0.1, 0.15) is 32.0 Å². The van der Waals surface area contributed by atoms with Crippen LogP contribution in [0.4, 0.5) is 26.3 Å². The lowest BCUT2D eigenvalue weighted by atomic mass is 9.98. The van der Waals surface area contributed by atoms with Gasteiger partial charge in [0.05, 0.1) is 11.1 Å². The number of Topliss-reactive ketones (excluding diaryl/α,β-unsaturated/α-hetero) is 1. The number of halogens is 6. The summed E-state index contributed by atoms with van der Waals surface area (Å²) in [5.41, 5.74) is -4.40. The summed E-state index contributed by atoms with van der Waals surface area (Å²) < 4.78 is 77.0. The molecule has 0 saturated heterocycles. The number of aromatic carboxylic acids is 1. The van der Waals surface area contributed by atoms with Crippen molar-refractivity contribution in [2.45, 2.75) is 19.3 Å². The average molecular weight is 351 g/mol. The van der Waals surface area contributed by atoms with Crippen molar-refractivity contribution in [3.05, 3.63) is 40.6 Å². The smallest absolute Gasteiger partial charge is 0.454 e. The Morgan fingerprint density at radius 1 is 1.04 bits per heavy atom. The second-order valence-corrected chi connectivity index (χ2v) is 4.87. The zero-order valence-electron chi connectivity index (χ0n) is 11.7. The van der Waals surface area contributed by atoms with Gasteiger partial charge in [-0.3, -0.25) is 4.79 Å². The number of hydrogen-bond donors (Lipinski definition) is 1. The summed E-state index contributed by atoms with van der Waals surface area (Å²) in [4.78, 5) is 25.5. The Balaban J connectivity index is 2.90. The van der Waals surface area contributed by atoms with E-state index in [4.69, 9.17) is 5.11 Å². The van der Waals surface area contributed by atoms with Gasteiger partial charge in [-0.25, -0.2) is 9.78 Å². The van der Waals surface area contributed by atoms with Crippen LogP contribution >= 0.6 is 0 Å². The van der Waals surface area contributed by atoms with Crippen LogP contribution in [-0.2, 0) is 6.18 Å². The number of pyridine rings is 1. The molecule has 2 aromatic rings. The molecule has 1 aromatic carbocycles. The minimum atomic E-state index is -5.35. The van der Waals surface area contributed by atoms with Crippen LogP contribution in [0.5, 0.6) is 0 Å². The highest BCUT2D eigenvalue weighted by molar-refractivity contribution is 6.04. The van der Waals surface area contributed by atoms with Gasteiger partial charge in [0.2, 0.25) is 0 Å². The first kappa shape index (κ1) is 17.7. The lowest BCUT2D eigenvalue weighted by Crippen LogP contribution is -2.23. The van der Waals surface area contributed by atoms with Crippen LogP contribution in [0.3, 0.4) is 0 Å². The van der Waals surface area contributed by atoms with Crippen molar-refractivity contribution in [3.8, 4) is 0 Å². The number of carboxylic acid groups (broad SMARTS) is 1. The summed E-state index contributed by atoms with van der Waals surface area (Å²) in [7, 11) is 0. The topological polar surface area (TPSA) is 67.3 Å². The fourth-order valence-electron chi connectivity index (χ4n) is 2.11. The van der Waals surface area contributed by atoms with Crippen molar-refractivity contribution < 1.29 is 41.0 Å². The van der Waals surface area contributed by atoms with Crippen LogP contribution in [0, 0.1) is 6.92 Å². The Kier molecular flexibility index (Phi) is 4.03. The number of nitrogens with zero attached hydrogens (tertiary/aromatic N) is 1. The Labute approximate surface area is 129 Å². The number of alkyl halides is 6. The van der Waals surface area contributed by atoms with Gasteiger partial charge in [0, 0.05) is 10.9 Å². The predicted octanol–water partition coefficient (Wildman–Crippen LogP) is 4.01. The van der Waals surface area contributed by atoms with Crippen LogP contribution in [-0.4, -0.2) is 28.0 Å². The fraction of sp³-hybridized carbons (Fsp3) is 0.214. The monoisotopic (exact) mass is 351 g/mol. The third-order valence-electron chi connectivity index (χ3n) is 3.16. The summed E-state index contributed by atoms with van der Waals surface area (Å²) >= 11 is 0. The molecule has 1 N–H and O–H groups in total. The lowest BCUT2D eigenvalue weighted by Gasteiger charge is -2.14. The number of benzene rings is 1. The Morgan fingerprint density at radius 2 is 1.62 bits per heavy atom. The molecule has 24 heavy (non-hydrogen) atoms. The predicted molar refractivity (Wildman–Crippen MR) is 68.8 cm³/mol. The van der Waals surface area contributed by atoms with E-state index in [1.165, 1.54) is 6.92 Å². The molecule has 1 heterocycles. The number of carbonyl (C=O) groups excluding carboxylic acids is 1. The summed E-state index contributed by atoms with van der Waals surface area (Å²) in [5, 5.41) is 8.48. The van der Waals surface area contributed by atoms with Gasteiger partial charge in [0.25, 0.3) is 5.78 Å². The van der Waals surface area contributed by atoms with Gasteiger partial charge in [-0.15, -0.1) is 0 Å².